The van der Waals surface area contributed by atoms with Crippen molar-refractivity contribution < 1.29 is 9.18 Å². The zero-order valence-electron chi connectivity index (χ0n) is 14.5. The Balaban J connectivity index is 0.00000243. The van der Waals surface area contributed by atoms with Gasteiger partial charge in [-0.05, 0) is 55.0 Å². The summed E-state index contributed by atoms with van der Waals surface area (Å²) in [6.45, 7) is 1.71. The van der Waals surface area contributed by atoms with E-state index in [2.05, 4.69) is 5.32 Å². The summed E-state index contributed by atoms with van der Waals surface area (Å²) in [6.07, 6.45) is 2.36. The Morgan fingerprint density at radius 1 is 1.27 bits per heavy atom. The van der Waals surface area contributed by atoms with Crippen LogP contribution < -0.4 is 11.1 Å². The monoisotopic (exact) mass is 396 g/mol. The molecule has 0 heterocycles. The standard InChI is InChI=1S/C20H22ClFN2O.ClH/c1-12-10-13(7-9-18(12)22)19(16-4-2-3-5-17(16)21)24-20(25)14-6-8-15(23)11-14;/h2-5,7,9-10,14-15,19H,6,8,11,23H2,1H3,(H,24,25);1H. The fraction of sp³-hybridized carbons (Fsp3) is 0.350. The van der Waals surface area contributed by atoms with Crippen LogP contribution in [-0.4, -0.2) is 11.9 Å². The van der Waals surface area contributed by atoms with Gasteiger partial charge in [-0.3, -0.25) is 4.79 Å². The summed E-state index contributed by atoms with van der Waals surface area (Å²) >= 11 is 6.36. The molecule has 0 spiro atoms. The summed E-state index contributed by atoms with van der Waals surface area (Å²) in [4.78, 5) is 12.7. The Labute approximate surface area is 164 Å². The lowest BCUT2D eigenvalue weighted by molar-refractivity contribution is -0.125. The number of carbonyl (C=O) groups excluding carboxylic acids is 1. The number of hydrogen-bond donors (Lipinski definition) is 2. The van der Waals surface area contributed by atoms with Crippen molar-refractivity contribution in [2.75, 3.05) is 0 Å². The van der Waals surface area contributed by atoms with Crippen molar-refractivity contribution in [2.24, 2.45) is 11.7 Å². The first-order valence-electron chi connectivity index (χ1n) is 8.52. The molecule has 1 aliphatic carbocycles. The second kappa shape index (κ2) is 8.85. The Kier molecular flexibility index (Phi) is 7.04. The van der Waals surface area contributed by atoms with Crippen LogP contribution in [0.15, 0.2) is 42.5 Å². The Morgan fingerprint density at radius 3 is 2.62 bits per heavy atom. The van der Waals surface area contributed by atoms with E-state index >= 15 is 0 Å². The molecule has 1 amide bonds. The van der Waals surface area contributed by atoms with Crippen LogP contribution in [0.25, 0.3) is 0 Å². The summed E-state index contributed by atoms with van der Waals surface area (Å²) in [5, 5.41) is 3.67. The minimum absolute atomic E-state index is 0. The maximum atomic E-state index is 13.7. The highest BCUT2D eigenvalue weighted by Gasteiger charge is 2.30. The Bertz CT molecular complexity index is 784. The van der Waals surface area contributed by atoms with Crippen LogP contribution in [-0.2, 0) is 4.79 Å². The van der Waals surface area contributed by atoms with Gasteiger partial charge in [-0.15, -0.1) is 12.4 Å². The first-order valence-corrected chi connectivity index (χ1v) is 8.90. The molecule has 3 N–H and O–H groups in total. The van der Waals surface area contributed by atoms with Crippen molar-refractivity contribution in [3.8, 4) is 0 Å². The second-order valence-corrected chi connectivity index (χ2v) is 7.15. The van der Waals surface area contributed by atoms with Gasteiger partial charge in [0.15, 0.2) is 0 Å². The molecule has 0 saturated heterocycles. The normalized spacial score (nSPS) is 20.3. The topological polar surface area (TPSA) is 55.1 Å². The zero-order valence-corrected chi connectivity index (χ0v) is 16.1. The third-order valence-corrected chi connectivity index (χ3v) is 5.21. The highest BCUT2D eigenvalue weighted by atomic mass is 35.5. The molecule has 3 nitrogen and oxygen atoms in total. The fourth-order valence-electron chi connectivity index (χ4n) is 3.41. The van der Waals surface area contributed by atoms with E-state index in [4.69, 9.17) is 17.3 Å². The largest absolute Gasteiger partial charge is 0.345 e. The molecule has 2 aromatic carbocycles. The van der Waals surface area contributed by atoms with Gasteiger partial charge in [0.2, 0.25) is 5.91 Å². The summed E-state index contributed by atoms with van der Waals surface area (Å²) in [5.41, 5.74) is 8.07. The highest BCUT2D eigenvalue weighted by molar-refractivity contribution is 6.31. The van der Waals surface area contributed by atoms with Crippen LogP contribution in [0.1, 0.15) is 42.0 Å². The quantitative estimate of drug-likeness (QED) is 0.796. The van der Waals surface area contributed by atoms with Gasteiger partial charge in [0.1, 0.15) is 5.82 Å². The number of benzene rings is 2. The van der Waals surface area contributed by atoms with E-state index in [1.54, 1.807) is 25.1 Å². The number of carbonyl (C=O) groups is 1. The molecule has 1 fully saturated rings. The molecule has 1 aliphatic rings. The van der Waals surface area contributed by atoms with Crippen LogP contribution in [0, 0.1) is 18.7 Å². The first-order chi connectivity index (χ1) is 12.0. The molecule has 26 heavy (non-hydrogen) atoms. The number of nitrogens with two attached hydrogens (primary N) is 1. The van der Waals surface area contributed by atoms with Crippen LogP contribution in [0.2, 0.25) is 5.02 Å². The fourth-order valence-corrected chi connectivity index (χ4v) is 3.66. The lowest BCUT2D eigenvalue weighted by atomic mass is 9.95. The van der Waals surface area contributed by atoms with E-state index in [-0.39, 0.29) is 36.1 Å². The lowest BCUT2D eigenvalue weighted by Crippen LogP contribution is -2.34. The van der Waals surface area contributed by atoms with E-state index in [1.165, 1.54) is 6.07 Å². The minimum Gasteiger partial charge on any atom is -0.345 e. The van der Waals surface area contributed by atoms with Gasteiger partial charge in [-0.25, -0.2) is 4.39 Å². The molecular weight excluding hydrogens is 374 g/mol. The Morgan fingerprint density at radius 2 is 2.00 bits per heavy atom. The minimum atomic E-state index is -0.419. The van der Waals surface area contributed by atoms with Gasteiger partial charge in [0.25, 0.3) is 0 Å². The van der Waals surface area contributed by atoms with Gasteiger partial charge in [-0.1, -0.05) is 41.9 Å². The molecule has 3 unspecified atom stereocenters. The van der Waals surface area contributed by atoms with E-state index in [1.807, 2.05) is 18.2 Å². The van der Waals surface area contributed by atoms with Crippen LogP contribution in [0.4, 0.5) is 4.39 Å². The van der Waals surface area contributed by atoms with Crippen LogP contribution in [0.3, 0.4) is 0 Å². The van der Waals surface area contributed by atoms with Gasteiger partial charge < -0.3 is 11.1 Å². The highest BCUT2D eigenvalue weighted by Crippen LogP contribution is 2.31. The van der Waals surface area contributed by atoms with Crippen molar-refractivity contribution in [3.63, 3.8) is 0 Å². The number of hydrogen-bond acceptors (Lipinski definition) is 2. The predicted molar refractivity (Wildman–Crippen MR) is 105 cm³/mol. The molecule has 140 valence electrons. The van der Waals surface area contributed by atoms with Gasteiger partial charge in [-0.2, -0.15) is 0 Å². The molecule has 0 aromatic heterocycles. The molecule has 0 bridgehead atoms. The average Bonchev–Trinajstić information content (AvgIpc) is 3.02. The summed E-state index contributed by atoms with van der Waals surface area (Å²) in [6, 6.07) is 11.9. The zero-order chi connectivity index (χ0) is 18.0. The van der Waals surface area contributed by atoms with Gasteiger partial charge in [0, 0.05) is 17.0 Å². The SMILES string of the molecule is Cc1cc(C(NC(=O)C2CCC(N)C2)c2ccccc2Cl)ccc1F.Cl. The predicted octanol–water partition coefficient (Wildman–Crippen LogP) is 4.54. The molecule has 2 aromatic rings. The lowest BCUT2D eigenvalue weighted by Gasteiger charge is -2.23. The maximum Gasteiger partial charge on any atom is 0.223 e. The van der Waals surface area contributed by atoms with E-state index in [0.717, 1.165) is 24.0 Å². The summed E-state index contributed by atoms with van der Waals surface area (Å²) in [7, 11) is 0. The number of nitrogens with one attached hydrogen (secondary N) is 1. The average molecular weight is 397 g/mol. The molecule has 6 heteroatoms. The Hall–Kier alpha value is -1.62. The molecular formula is C20H23Cl2FN2O. The summed E-state index contributed by atoms with van der Waals surface area (Å²) < 4.78 is 13.7. The summed E-state index contributed by atoms with van der Waals surface area (Å²) in [5.74, 6) is -0.379. The second-order valence-electron chi connectivity index (χ2n) is 6.74. The van der Waals surface area contributed by atoms with Crippen molar-refractivity contribution in [1.29, 1.82) is 0 Å². The van der Waals surface area contributed by atoms with Gasteiger partial charge in [0.05, 0.1) is 6.04 Å². The van der Waals surface area contributed by atoms with Crippen molar-refractivity contribution in [1.82, 2.24) is 5.32 Å². The van der Waals surface area contributed by atoms with Crippen molar-refractivity contribution in [3.05, 3.63) is 70.0 Å². The number of aryl methyl sites for hydroxylation is 1. The molecule has 0 radical (unpaired) electrons. The third-order valence-electron chi connectivity index (χ3n) is 4.86. The van der Waals surface area contributed by atoms with Gasteiger partial charge >= 0.3 is 0 Å². The maximum absolute atomic E-state index is 13.7. The van der Waals surface area contributed by atoms with E-state index in [0.29, 0.717) is 17.0 Å². The van der Waals surface area contributed by atoms with Crippen LogP contribution in [0.5, 0.6) is 0 Å². The smallest absolute Gasteiger partial charge is 0.223 e. The molecule has 0 aliphatic heterocycles. The molecule has 3 rings (SSSR count). The van der Waals surface area contributed by atoms with E-state index in [9.17, 15) is 9.18 Å². The van der Waals surface area contributed by atoms with Crippen molar-refractivity contribution >= 4 is 29.9 Å². The first kappa shape index (κ1) is 20.7. The van der Waals surface area contributed by atoms with Crippen molar-refractivity contribution in [2.45, 2.75) is 38.3 Å². The number of halogens is 3. The third kappa shape index (κ3) is 4.56. The number of rotatable bonds is 4. The number of amides is 1. The van der Waals surface area contributed by atoms with Crippen LogP contribution >= 0.6 is 24.0 Å². The molecule has 1 saturated carbocycles. The van der Waals surface area contributed by atoms with E-state index < -0.39 is 6.04 Å². The molecule has 3 atom stereocenters.